The molecule has 5 rings (SSSR count). The second-order valence-corrected chi connectivity index (χ2v) is 8.46. The van der Waals surface area contributed by atoms with Gasteiger partial charge < -0.3 is 15.3 Å². The molecule has 2 fully saturated rings. The molecule has 2 aliphatic rings. The molecular weight excluding hydrogens is 436 g/mol. The standard InChI is InChI=1S/C20H21ClN8O3/c21-14-1-2-15(28-11-23-9-26-28)13(3-14)6-24-19(31)17-5-12-4-16(12)29(17)20(32)18(30)7-27-10-22-8-25-27/h1-3,8-12,16-18,30H,4-7H2,(H,24,31)/t12-,16-,17-,18?/m0/s1. The lowest BCUT2D eigenvalue weighted by Gasteiger charge is -2.28. The van der Waals surface area contributed by atoms with Gasteiger partial charge in [0.05, 0.1) is 12.2 Å². The van der Waals surface area contributed by atoms with E-state index in [9.17, 15) is 14.7 Å². The largest absolute Gasteiger partial charge is 0.381 e. The van der Waals surface area contributed by atoms with Gasteiger partial charge in [0.1, 0.15) is 31.4 Å². The number of piperidine rings is 1. The van der Waals surface area contributed by atoms with Crippen LogP contribution in [0.1, 0.15) is 18.4 Å². The smallest absolute Gasteiger partial charge is 0.254 e. The highest BCUT2D eigenvalue weighted by molar-refractivity contribution is 6.30. The van der Waals surface area contributed by atoms with Crippen LogP contribution >= 0.6 is 11.6 Å². The summed E-state index contributed by atoms with van der Waals surface area (Å²) >= 11 is 6.15. The van der Waals surface area contributed by atoms with Crippen LogP contribution in [0.2, 0.25) is 5.02 Å². The quantitative estimate of drug-likeness (QED) is 0.518. The number of hydrogen-bond acceptors (Lipinski definition) is 7. The Morgan fingerprint density at radius 3 is 2.75 bits per heavy atom. The van der Waals surface area contributed by atoms with Crippen molar-refractivity contribution in [2.45, 2.75) is 44.1 Å². The van der Waals surface area contributed by atoms with Gasteiger partial charge in [-0.2, -0.15) is 10.2 Å². The van der Waals surface area contributed by atoms with E-state index in [2.05, 4.69) is 25.5 Å². The van der Waals surface area contributed by atoms with Crippen molar-refractivity contribution in [2.24, 2.45) is 5.92 Å². The zero-order chi connectivity index (χ0) is 22.2. The number of aliphatic hydroxyl groups is 1. The van der Waals surface area contributed by atoms with Gasteiger partial charge in [-0.1, -0.05) is 11.6 Å². The fourth-order valence-corrected chi connectivity index (χ4v) is 4.51. The van der Waals surface area contributed by atoms with Gasteiger partial charge in [0.25, 0.3) is 5.91 Å². The monoisotopic (exact) mass is 456 g/mol. The summed E-state index contributed by atoms with van der Waals surface area (Å²) in [5, 5.41) is 21.9. The Morgan fingerprint density at radius 2 is 2.00 bits per heavy atom. The molecule has 1 aromatic carbocycles. The molecule has 1 saturated heterocycles. The lowest BCUT2D eigenvalue weighted by Crippen LogP contribution is -2.51. The van der Waals surface area contributed by atoms with Gasteiger partial charge in [-0.05, 0) is 42.5 Å². The summed E-state index contributed by atoms with van der Waals surface area (Å²) in [5.41, 5.74) is 1.52. The summed E-state index contributed by atoms with van der Waals surface area (Å²) in [4.78, 5) is 35.3. The van der Waals surface area contributed by atoms with Crippen LogP contribution in [0.25, 0.3) is 5.69 Å². The van der Waals surface area contributed by atoms with E-state index in [0.717, 1.165) is 17.7 Å². The zero-order valence-electron chi connectivity index (χ0n) is 17.0. The fraction of sp³-hybridized carbons (Fsp3) is 0.400. The maximum atomic E-state index is 13.0. The molecule has 2 N–H and O–H groups in total. The van der Waals surface area contributed by atoms with Crippen molar-refractivity contribution < 1.29 is 14.7 Å². The molecular formula is C20H21ClN8O3. The minimum absolute atomic E-state index is 0.000487. The average Bonchev–Trinajstić information content (AvgIpc) is 3.22. The highest BCUT2D eigenvalue weighted by atomic mass is 35.5. The number of benzene rings is 1. The third-order valence-electron chi connectivity index (χ3n) is 5.93. The molecule has 11 nitrogen and oxygen atoms in total. The normalized spacial score (nSPS) is 22.4. The number of rotatable bonds is 7. The minimum atomic E-state index is -1.29. The van der Waals surface area contributed by atoms with Gasteiger partial charge in [-0.3, -0.25) is 9.59 Å². The number of nitrogens with zero attached hydrogens (tertiary/aromatic N) is 7. The topological polar surface area (TPSA) is 131 Å². The molecule has 3 heterocycles. The molecule has 0 spiro atoms. The van der Waals surface area contributed by atoms with Crippen LogP contribution in [0.5, 0.6) is 0 Å². The van der Waals surface area contributed by atoms with Gasteiger partial charge in [-0.25, -0.2) is 19.3 Å². The average molecular weight is 457 g/mol. The highest BCUT2D eigenvalue weighted by Crippen LogP contribution is 2.48. The Labute approximate surface area is 188 Å². The molecule has 1 aliphatic carbocycles. The highest BCUT2D eigenvalue weighted by Gasteiger charge is 2.56. The number of nitrogens with one attached hydrogen (secondary N) is 1. The maximum Gasteiger partial charge on any atom is 0.254 e. The van der Waals surface area contributed by atoms with E-state index < -0.39 is 18.1 Å². The molecule has 2 aromatic heterocycles. The number of halogens is 1. The van der Waals surface area contributed by atoms with Crippen molar-refractivity contribution in [3.05, 3.63) is 54.1 Å². The van der Waals surface area contributed by atoms with E-state index in [4.69, 9.17) is 11.6 Å². The van der Waals surface area contributed by atoms with Crippen LogP contribution in [0, 0.1) is 5.92 Å². The van der Waals surface area contributed by atoms with Crippen molar-refractivity contribution in [3.63, 3.8) is 0 Å². The first-order chi connectivity index (χ1) is 15.5. The van der Waals surface area contributed by atoms with E-state index >= 15 is 0 Å². The zero-order valence-corrected chi connectivity index (χ0v) is 17.7. The van der Waals surface area contributed by atoms with Gasteiger partial charge in [0.2, 0.25) is 5.91 Å². The molecule has 166 valence electrons. The lowest BCUT2D eigenvalue weighted by molar-refractivity contribution is -0.147. The number of aliphatic hydroxyl groups excluding tert-OH is 1. The molecule has 1 saturated carbocycles. The summed E-state index contributed by atoms with van der Waals surface area (Å²) in [6.07, 6.45) is 5.91. The van der Waals surface area contributed by atoms with Crippen LogP contribution in [-0.2, 0) is 22.7 Å². The first-order valence-electron chi connectivity index (χ1n) is 10.2. The Bertz CT molecular complexity index is 1120. The first kappa shape index (κ1) is 20.6. The summed E-state index contributed by atoms with van der Waals surface area (Å²) in [5.74, 6) is -0.426. The Kier molecular flexibility index (Phi) is 5.35. The Hall–Kier alpha value is -3.31. The SMILES string of the molecule is O=C(NCc1cc(Cl)ccc1-n1cncn1)[C@@H]1C[C@@H]2C[C@@H]2N1C(=O)C(O)Cn1cncn1. The third kappa shape index (κ3) is 3.96. The van der Waals surface area contributed by atoms with Crippen molar-refractivity contribution >= 4 is 23.4 Å². The van der Waals surface area contributed by atoms with Crippen molar-refractivity contribution in [3.8, 4) is 5.69 Å². The second-order valence-electron chi connectivity index (χ2n) is 8.02. The molecule has 2 amide bonds. The van der Waals surface area contributed by atoms with Gasteiger partial charge >= 0.3 is 0 Å². The molecule has 0 bridgehead atoms. The number of hydrogen-bond donors (Lipinski definition) is 2. The van der Waals surface area contributed by atoms with Crippen molar-refractivity contribution in [1.82, 2.24) is 39.7 Å². The van der Waals surface area contributed by atoms with Crippen LogP contribution in [0.4, 0.5) is 0 Å². The maximum absolute atomic E-state index is 13.0. The number of carbonyl (C=O) groups excluding carboxylic acids is 2. The summed E-state index contributed by atoms with van der Waals surface area (Å²) < 4.78 is 2.99. The molecule has 1 unspecified atom stereocenters. The number of carbonyl (C=O) groups is 2. The fourth-order valence-electron chi connectivity index (χ4n) is 4.31. The molecule has 1 aliphatic heterocycles. The summed E-state index contributed by atoms with van der Waals surface area (Å²) in [6, 6.07) is 4.69. The number of likely N-dealkylation sites (tertiary alicyclic amines) is 1. The van der Waals surface area contributed by atoms with Crippen LogP contribution in [0.15, 0.2) is 43.5 Å². The van der Waals surface area contributed by atoms with E-state index in [0.29, 0.717) is 17.4 Å². The second kappa shape index (κ2) is 8.32. The molecule has 32 heavy (non-hydrogen) atoms. The van der Waals surface area contributed by atoms with Crippen molar-refractivity contribution in [2.75, 3.05) is 0 Å². The molecule has 12 heteroatoms. The van der Waals surface area contributed by atoms with Crippen LogP contribution in [-0.4, -0.2) is 69.5 Å². The predicted molar refractivity (Wildman–Crippen MR) is 111 cm³/mol. The molecule has 0 radical (unpaired) electrons. The number of fused-ring (bicyclic) bond motifs is 1. The van der Waals surface area contributed by atoms with Gasteiger partial charge in [-0.15, -0.1) is 0 Å². The molecule has 4 atom stereocenters. The first-order valence-corrected chi connectivity index (χ1v) is 10.6. The van der Waals surface area contributed by atoms with Crippen LogP contribution in [0.3, 0.4) is 0 Å². The lowest BCUT2D eigenvalue weighted by atomic mass is 10.1. The Balaban J connectivity index is 1.27. The van der Waals surface area contributed by atoms with E-state index in [1.807, 2.05) is 0 Å². The van der Waals surface area contributed by atoms with E-state index in [1.54, 1.807) is 29.2 Å². The number of amides is 2. The summed E-state index contributed by atoms with van der Waals surface area (Å²) in [7, 11) is 0. The van der Waals surface area contributed by atoms with Crippen molar-refractivity contribution in [1.29, 1.82) is 0 Å². The van der Waals surface area contributed by atoms with Gasteiger partial charge in [0.15, 0.2) is 6.10 Å². The third-order valence-corrected chi connectivity index (χ3v) is 6.17. The van der Waals surface area contributed by atoms with Crippen LogP contribution < -0.4 is 5.32 Å². The molecule has 3 aromatic rings. The Morgan fingerprint density at radius 1 is 1.19 bits per heavy atom. The summed E-state index contributed by atoms with van der Waals surface area (Å²) in [6.45, 7) is 0.203. The van der Waals surface area contributed by atoms with E-state index in [-0.39, 0.29) is 25.0 Å². The predicted octanol–water partition coefficient (Wildman–Crippen LogP) is 0.179. The minimum Gasteiger partial charge on any atom is -0.381 e. The number of aromatic nitrogens is 6. The van der Waals surface area contributed by atoms with E-state index in [1.165, 1.54) is 28.6 Å². The van der Waals surface area contributed by atoms with Gasteiger partial charge in [0, 0.05) is 17.6 Å².